The molecule has 1 atom stereocenters. The van der Waals surface area contributed by atoms with Crippen LogP contribution in [0.15, 0.2) is 47.4 Å². The van der Waals surface area contributed by atoms with Crippen LogP contribution < -0.4 is 15.6 Å². The lowest BCUT2D eigenvalue weighted by Crippen LogP contribution is -2.33. The second-order valence-electron chi connectivity index (χ2n) is 4.81. The van der Waals surface area contributed by atoms with Crippen LogP contribution in [0, 0.1) is 0 Å². The van der Waals surface area contributed by atoms with Crippen molar-refractivity contribution in [3.05, 3.63) is 64.1 Å². The van der Waals surface area contributed by atoms with E-state index >= 15 is 0 Å². The maximum Gasteiger partial charge on any atom is 0.263 e. The van der Waals surface area contributed by atoms with Gasteiger partial charge in [-0.3, -0.25) is 9.59 Å². The summed E-state index contributed by atoms with van der Waals surface area (Å²) in [6.45, 7) is 1.87. The molecule has 1 aromatic carbocycles. The third kappa shape index (κ3) is 3.31. The normalized spacial score (nSPS) is 11.8. The Kier molecular flexibility index (Phi) is 4.42. The molecule has 0 aliphatic rings. The van der Waals surface area contributed by atoms with Crippen LogP contribution >= 0.6 is 0 Å². The molecule has 0 bridgehead atoms. The number of benzene rings is 1. The Labute approximate surface area is 123 Å². The lowest BCUT2D eigenvalue weighted by Gasteiger charge is -2.14. The summed E-state index contributed by atoms with van der Waals surface area (Å²) in [6, 6.07) is 10.4. The maximum absolute atomic E-state index is 12.2. The van der Waals surface area contributed by atoms with Gasteiger partial charge in [0.05, 0.1) is 13.2 Å². The Bertz CT molecular complexity index is 689. The van der Waals surface area contributed by atoms with Crippen LogP contribution in [-0.4, -0.2) is 17.6 Å². The number of aromatic nitrogens is 1. The van der Waals surface area contributed by atoms with Gasteiger partial charge in [0.1, 0.15) is 11.3 Å². The zero-order chi connectivity index (χ0) is 15.4. The first-order chi connectivity index (χ1) is 10.0. The van der Waals surface area contributed by atoms with Crippen molar-refractivity contribution in [3.63, 3.8) is 0 Å². The second kappa shape index (κ2) is 6.26. The summed E-state index contributed by atoms with van der Waals surface area (Å²) in [4.78, 5) is 24.1. The van der Waals surface area contributed by atoms with E-state index in [-0.39, 0.29) is 23.1 Å². The fourth-order valence-corrected chi connectivity index (χ4v) is 2.02. The van der Waals surface area contributed by atoms with Crippen molar-refractivity contribution in [1.82, 2.24) is 9.88 Å². The van der Waals surface area contributed by atoms with Gasteiger partial charge in [-0.15, -0.1) is 0 Å². The lowest BCUT2D eigenvalue weighted by atomic mass is 10.1. The van der Waals surface area contributed by atoms with E-state index in [4.69, 9.17) is 4.74 Å². The molecule has 0 saturated heterocycles. The summed E-state index contributed by atoms with van der Waals surface area (Å²) in [5.74, 6) is 0.383. The van der Waals surface area contributed by atoms with E-state index in [2.05, 4.69) is 5.32 Å². The van der Waals surface area contributed by atoms with Gasteiger partial charge in [0.25, 0.3) is 11.5 Å². The molecule has 5 nitrogen and oxygen atoms in total. The molecule has 0 aliphatic carbocycles. The molecule has 1 unspecified atom stereocenters. The summed E-state index contributed by atoms with van der Waals surface area (Å²) in [6.07, 6.45) is 1.62. The predicted molar refractivity (Wildman–Crippen MR) is 80.6 cm³/mol. The molecular weight excluding hydrogens is 268 g/mol. The number of carbonyl (C=O) groups excluding carboxylic acids is 1. The highest BCUT2D eigenvalue weighted by Gasteiger charge is 2.14. The van der Waals surface area contributed by atoms with Crippen molar-refractivity contribution in [2.75, 3.05) is 7.11 Å². The molecule has 0 spiro atoms. The quantitative estimate of drug-likeness (QED) is 0.933. The number of amides is 1. The molecule has 1 amide bonds. The molecule has 0 saturated carbocycles. The van der Waals surface area contributed by atoms with Crippen LogP contribution in [-0.2, 0) is 7.05 Å². The molecule has 0 fully saturated rings. The molecule has 0 aliphatic heterocycles. The summed E-state index contributed by atoms with van der Waals surface area (Å²) in [5.41, 5.74) is 0.772. The van der Waals surface area contributed by atoms with E-state index in [0.29, 0.717) is 0 Å². The summed E-state index contributed by atoms with van der Waals surface area (Å²) in [7, 11) is 3.22. The number of nitrogens with one attached hydrogen (secondary N) is 1. The zero-order valence-corrected chi connectivity index (χ0v) is 12.3. The van der Waals surface area contributed by atoms with E-state index in [1.807, 2.05) is 31.2 Å². The van der Waals surface area contributed by atoms with E-state index < -0.39 is 0 Å². The number of pyridine rings is 1. The van der Waals surface area contributed by atoms with Gasteiger partial charge in [0.2, 0.25) is 0 Å². The minimum Gasteiger partial charge on any atom is -0.497 e. The molecular formula is C16H18N2O3. The maximum atomic E-state index is 12.2. The fourth-order valence-electron chi connectivity index (χ4n) is 2.02. The third-order valence-electron chi connectivity index (χ3n) is 3.33. The highest BCUT2D eigenvalue weighted by atomic mass is 16.5. The highest BCUT2D eigenvalue weighted by Crippen LogP contribution is 2.17. The SMILES string of the molecule is COc1ccc(C(C)NC(=O)c2cccn(C)c2=O)cc1. The van der Waals surface area contributed by atoms with Gasteiger partial charge in [0, 0.05) is 13.2 Å². The molecule has 5 heteroatoms. The Morgan fingerprint density at radius 2 is 1.90 bits per heavy atom. The van der Waals surface area contributed by atoms with Crippen LogP contribution in [0.1, 0.15) is 28.9 Å². The number of methoxy groups -OCH3 is 1. The van der Waals surface area contributed by atoms with Crippen molar-refractivity contribution in [3.8, 4) is 5.75 Å². The van der Waals surface area contributed by atoms with E-state index in [1.54, 1.807) is 26.4 Å². The number of nitrogens with zero attached hydrogens (tertiary/aromatic N) is 1. The predicted octanol–water partition coefficient (Wildman–Crippen LogP) is 1.88. The van der Waals surface area contributed by atoms with Crippen LogP contribution in [0.5, 0.6) is 5.75 Å². The average Bonchev–Trinajstić information content (AvgIpc) is 2.50. The molecule has 110 valence electrons. The first-order valence-corrected chi connectivity index (χ1v) is 6.63. The van der Waals surface area contributed by atoms with Crippen LogP contribution in [0.4, 0.5) is 0 Å². The zero-order valence-electron chi connectivity index (χ0n) is 12.3. The molecule has 1 N–H and O–H groups in total. The van der Waals surface area contributed by atoms with Crippen molar-refractivity contribution in [1.29, 1.82) is 0 Å². The van der Waals surface area contributed by atoms with Gasteiger partial charge in [-0.05, 0) is 36.8 Å². The van der Waals surface area contributed by atoms with Crippen molar-refractivity contribution < 1.29 is 9.53 Å². The molecule has 1 heterocycles. The lowest BCUT2D eigenvalue weighted by molar-refractivity contribution is 0.0938. The van der Waals surface area contributed by atoms with Gasteiger partial charge < -0.3 is 14.6 Å². The number of aryl methyl sites for hydroxylation is 1. The van der Waals surface area contributed by atoms with Crippen molar-refractivity contribution in [2.24, 2.45) is 7.05 Å². The minimum absolute atomic E-state index is 0.139. The van der Waals surface area contributed by atoms with Gasteiger partial charge in [-0.1, -0.05) is 12.1 Å². The molecule has 21 heavy (non-hydrogen) atoms. The summed E-state index contributed by atoms with van der Waals surface area (Å²) >= 11 is 0. The molecule has 2 rings (SSSR count). The second-order valence-corrected chi connectivity index (χ2v) is 4.81. The smallest absolute Gasteiger partial charge is 0.263 e. The van der Waals surface area contributed by atoms with Gasteiger partial charge in [-0.2, -0.15) is 0 Å². The number of rotatable bonds is 4. The van der Waals surface area contributed by atoms with E-state index in [1.165, 1.54) is 10.6 Å². The Morgan fingerprint density at radius 1 is 1.24 bits per heavy atom. The van der Waals surface area contributed by atoms with Crippen LogP contribution in [0.25, 0.3) is 0 Å². The Morgan fingerprint density at radius 3 is 2.52 bits per heavy atom. The number of hydrogen-bond donors (Lipinski definition) is 1. The topological polar surface area (TPSA) is 60.3 Å². The first kappa shape index (κ1) is 14.8. The fraction of sp³-hybridized carbons (Fsp3) is 0.250. The number of carbonyl (C=O) groups is 1. The van der Waals surface area contributed by atoms with E-state index in [0.717, 1.165) is 11.3 Å². The molecule has 0 radical (unpaired) electrons. The van der Waals surface area contributed by atoms with Crippen LogP contribution in [0.3, 0.4) is 0 Å². The highest BCUT2D eigenvalue weighted by molar-refractivity contribution is 5.94. The van der Waals surface area contributed by atoms with Crippen molar-refractivity contribution in [2.45, 2.75) is 13.0 Å². The summed E-state index contributed by atoms with van der Waals surface area (Å²) < 4.78 is 6.48. The first-order valence-electron chi connectivity index (χ1n) is 6.63. The number of hydrogen-bond acceptors (Lipinski definition) is 3. The average molecular weight is 286 g/mol. The monoisotopic (exact) mass is 286 g/mol. The standard InChI is InChI=1S/C16H18N2O3/c1-11(12-6-8-13(21-3)9-7-12)17-15(19)14-5-4-10-18(2)16(14)20/h4-11H,1-3H3,(H,17,19). The Hall–Kier alpha value is -2.56. The number of ether oxygens (including phenoxy) is 1. The minimum atomic E-state index is -0.375. The molecule has 2 aromatic rings. The van der Waals surface area contributed by atoms with Crippen LogP contribution in [0.2, 0.25) is 0 Å². The molecule has 1 aromatic heterocycles. The Balaban J connectivity index is 2.14. The third-order valence-corrected chi connectivity index (χ3v) is 3.33. The van der Waals surface area contributed by atoms with Crippen molar-refractivity contribution >= 4 is 5.91 Å². The summed E-state index contributed by atoms with van der Waals surface area (Å²) in [5, 5.41) is 2.82. The largest absolute Gasteiger partial charge is 0.497 e. The van der Waals surface area contributed by atoms with Gasteiger partial charge >= 0.3 is 0 Å². The van der Waals surface area contributed by atoms with E-state index in [9.17, 15) is 9.59 Å². The van der Waals surface area contributed by atoms with Gasteiger partial charge in [0.15, 0.2) is 0 Å². The van der Waals surface area contributed by atoms with Gasteiger partial charge in [-0.25, -0.2) is 0 Å².